The number of benzene rings is 1. The molecule has 3 heterocycles. The van der Waals surface area contributed by atoms with Crippen molar-refractivity contribution >= 4 is 32.6 Å². The lowest BCUT2D eigenvalue weighted by molar-refractivity contribution is 0.0975. The van der Waals surface area contributed by atoms with Gasteiger partial charge < -0.3 is 4.74 Å². The number of aromatic nitrogens is 4. The number of hydrogen-bond donors (Lipinski definition) is 0. The Morgan fingerprint density at radius 3 is 2.82 bits per heavy atom. The Bertz CT molecular complexity index is 1110. The summed E-state index contributed by atoms with van der Waals surface area (Å²) in [7, 11) is 1.75. The van der Waals surface area contributed by atoms with E-state index in [0.29, 0.717) is 24.0 Å². The first-order valence-electron chi connectivity index (χ1n) is 8.89. The van der Waals surface area contributed by atoms with E-state index < -0.39 is 0 Å². The van der Waals surface area contributed by atoms with Crippen molar-refractivity contribution in [1.82, 2.24) is 19.7 Å². The van der Waals surface area contributed by atoms with Gasteiger partial charge >= 0.3 is 0 Å². The first-order chi connectivity index (χ1) is 13.7. The van der Waals surface area contributed by atoms with Gasteiger partial charge in [0, 0.05) is 19.4 Å². The molecule has 1 aromatic carbocycles. The van der Waals surface area contributed by atoms with E-state index in [1.54, 1.807) is 35.1 Å². The molecule has 1 amide bonds. The maximum atomic E-state index is 13.3. The van der Waals surface area contributed by atoms with Crippen molar-refractivity contribution in [2.75, 3.05) is 11.5 Å². The Hall–Kier alpha value is -3.26. The minimum absolute atomic E-state index is 0.172. The number of pyridine rings is 1. The first kappa shape index (κ1) is 18.1. The second kappa shape index (κ2) is 7.77. The van der Waals surface area contributed by atoms with E-state index in [4.69, 9.17) is 4.74 Å². The summed E-state index contributed by atoms with van der Waals surface area (Å²) >= 11 is 1.45. The molecule has 0 unspecified atom stereocenters. The number of nitrogens with zero attached hydrogens (tertiary/aromatic N) is 5. The molecule has 0 bridgehead atoms. The SMILES string of the molecule is CCOc1ccc2nc(N(Cc3ccccn3)C(=O)c3ccnn3C)sc2c1. The Morgan fingerprint density at radius 1 is 1.21 bits per heavy atom. The fourth-order valence-corrected chi connectivity index (χ4v) is 3.86. The highest BCUT2D eigenvalue weighted by molar-refractivity contribution is 7.22. The quantitative estimate of drug-likeness (QED) is 0.500. The van der Waals surface area contributed by atoms with Crippen LogP contribution in [0, 0.1) is 0 Å². The number of carbonyl (C=O) groups excluding carboxylic acids is 1. The van der Waals surface area contributed by atoms with E-state index in [2.05, 4.69) is 15.1 Å². The molecule has 0 saturated heterocycles. The lowest BCUT2D eigenvalue weighted by atomic mass is 10.3. The van der Waals surface area contributed by atoms with Gasteiger partial charge in [-0.25, -0.2) is 4.98 Å². The van der Waals surface area contributed by atoms with Crippen LogP contribution in [0.2, 0.25) is 0 Å². The van der Waals surface area contributed by atoms with Crippen LogP contribution in [0.25, 0.3) is 10.2 Å². The number of aryl methyl sites for hydroxylation is 1. The molecule has 142 valence electrons. The predicted octanol–water partition coefficient (Wildman–Crippen LogP) is 3.67. The van der Waals surface area contributed by atoms with Crippen molar-refractivity contribution in [1.29, 1.82) is 0 Å². The number of ether oxygens (including phenoxy) is 1. The summed E-state index contributed by atoms with van der Waals surface area (Å²) in [5.41, 5.74) is 2.10. The van der Waals surface area contributed by atoms with Gasteiger partial charge in [-0.2, -0.15) is 5.10 Å². The summed E-state index contributed by atoms with van der Waals surface area (Å²) in [6.07, 6.45) is 3.33. The third-order valence-corrected chi connectivity index (χ3v) is 5.26. The Morgan fingerprint density at radius 2 is 2.11 bits per heavy atom. The summed E-state index contributed by atoms with van der Waals surface area (Å²) in [4.78, 5) is 23.9. The van der Waals surface area contributed by atoms with Crippen molar-refractivity contribution < 1.29 is 9.53 Å². The van der Waals surface area contributed by atoms with E-state index in [1.165, 1.54) is 11.3 Å². The monoisotopic (exact) mass is 393 g/mol. The zero-order valence-electron chi connectivity index (χ0n) is 15.6. The highest BCUT2D eigenvalue weighted by atomic mass is 32.1. The minimum Gasteiger partial charge on any atom is -0.494 e. The zero-order chi connectivity index (χ0) is 19.5. The van der Waals surface area contributed by atoms with Gasteiger partial charge in [-0.05, 0) is 43.3 Å². The molecule has 7 nitrogen and oxygen atoms in total. The second-order valence-electron chi connectivity index (χ2n) is 6.11. The number of thiazole rings is 1. The molecule has 28 heavy (non-hydrogen) atoms. The fourth-order valence-electron chi connectivity index (χ4n) is 2.87. The van der Waals surface area contributed by atoms with Crippen LogP contribution in [0.3, 0.4) is 0 Å². The number of fused-ring (bicyclic) bond motifs is 1. The van der Waals surface area contributed by atoms with E-state index in [-0.39, 0.29) is 5.91 Å². The molecule has 0 spiro atoms. The van der Waals surface area contributed by atoms with Gasteiger partial charge in [0.05, 0.1) is 29.1 Å². The maximum absolute atomic E-state index is 13.3. The highest BCUT2D eigenvalue weighted by Gasteiger charge is 2.24. The molecule has 0 aliphatic rings. The van der Waals surface area contributed by atoms with Crippen LogP contribution < -0.4 is 9.64 Å². The molecule has 8 heteroatoms. The number of rotatable bonds is 6. The molecule has 4 aromatic rings. The standard InChI is InChI=1S/C20H19N5O2S/c1-3-27-15-7-8-16-18(12-15)28-20(23-16)25(13-14-6-4-5-10-21-14)19(26)17-9-11-22-24(17)2/h4-12H,3,13H2,1-2H3. The molecule has 0 atom stereocenters. The molecule has 0 aliphatic carbocycles. The molecular weight excluding hydrogens is 374 g/mol. The number of hydrogen-bond acceptors (Lipinski definition) is 6. The van der Waals surface area contributed by atoms with Crippen LogP contribution in [0.1, 0.15) is 23.1 Å². The zero-order valence-corrected chi connectivity index (χ0v) is 16.4. The summed E-state index contributed by atoms with van der Waals surface area (Å²) < 4.78 is 8.10. The van der Waals surface area contributed by atoms with Crippen LogP contribution in [0.4, 0.5) is 5.13 Å². The van der Waals surface area contributed by atoms with E-state index in [1.807, 2.05) is 43.3 Å². The average Bonchev–Trinajstić information content (AvgIpc) is 3.32. The summed E-state index contributed by atoms with van der Waals surface area (Å²) in [6.45, 7) is 2.87. The predicted molar refractivity (Wildman–Crippen MR) is 109 cm³/mol. The van der Waals surface area contributed by atoms with E-state index in [9.17, 15) is 4.79 Å². The number of amides is 1. The van der Waals surface area contributed by atoms with Crippen LogP contribution in [-0.4, -0.2) is 32.3 Å². The third kappa shape index (κ3) is 3.59. The van der Waals surface area contributed by atoms with Crippen LogP contribution >= 0.6 is 11.3 Å². The second-order valence-corrected chi connectivity index (χ2v) is 7.12. The van der Waals surface area contributed by atoms with Gasteiger partial charge in [-0.3, -0.25) is 19.4 Å². The van der Waals surface area contributed by atoms with Crippen molar-refractivity contribution in [2.24, 2.45) is 7.05 Å². The van der Waals surface area contributed by atoms with Crippen molar-refractivity contribution in [3.8, 4) is 5.75 Å². The summed E-state index contributed by atoms with van der Waals surface area (Å²) in [6, 6.07) is 13.1. The Kier molecular flexibility index (Phi) is 5.03. The Labute approximate surface area is 166 Å². The number of carbonyl (C=O) groups is 1. The van der Waals surface area contributed by atoms with Gasteiger partial charge in [0.1, 0.15) is 11.4 Å². The Balaban J connectivity index is 1.75. The van der Waals surface area contributed by atoms with Crippen molar-refractivity contribution in [3.63, 3.8) is 0 Å². The van der Waals surface area contributed by atoms with Gasteiger partial charge in [-0.15, -0.1) is 0 Å². The topological polar surface area (TPSA) is 73.1 Å². The van der Waals surface area contributed by atoms with Crippen molar-refractivity contribution in [3.05, 3.63) is 66.2 Å². The maximum Gasteiger partial charge on any atom is 0.278 e. The molecular formula is C20H19N5O2S. The largest absolute Gasteiger partial charge is 0.494 e. The summed E-state index contributed by atoms with van der Waals surface area (Å²) in [5.74, 6) is 0.620. The van der Waals surface area contributed by atoms with E-state index >= 15 is 0 Å². The van der Waals surface area contributed by atoms with Crippen LogP contribution in [0.15, 0.2) is 54.9 Å². The van der Waals surface area contributed by atoms with Gasteiger partial charge in [-0.1, -0.05) is 17.4 Å². The molecule has 3 aromatic heterocycles. The average molecular weight is 393 g/mol. The minimum atomic E-state index is -0.172. The van der Waals surface area contributed by atoms with Gasteiger partial charge in [0.2, 0.25) is 0 Å². The number of anilines is 1. The van der Waals surface area contributed by atoms with Crippen molar-refractivity contribution in [2.45, 2.75) is 13.5 Å². The molecule has 4 rings (SSSR count). The molecule has 0 saturated carbocycles. The normalized spacial score (nSPS) is 10.9. The molecule has 0 aliphatic heterocycles. The van der Waals surface area contributed by atoms with E-state index in [0.717, 1.165) is 21.7 Å². The van der Waals surface area contributed by atoms with Crippen LogP contribution in [-0.2, 0) is 13.6 Å². The summed E-state index contributed by atoms with van der Waals surface area (Å²) in [5, 5.41) is 4.73. The lowest BCUT2D eigenvalue weighted by Crippen LogP contribution is -2.32. The smallest absolute Gasteiger partial charge is 0.278 e. The lowest BCUT2D eigenvalue weighted by Gasteiger charge is -2.19. The first-order valence-corrected chi connectivity index (χ1v) is 9.70. The molecule has 0 fully saturated rings. The third-order valence-electron chi connectivity index (χ3n) is 4.22. The van der Waals surface area contributed by atoms with Crippen LogP contribution in [0.5, 0.6) is 5.75 Å². The van der Waals surface area contributed by atoms with Gasteiger partial charge in [0.15, 0.2) is 5.13 Å². The highest BCUT2D eigenvalue weighted by Crippen LogP contribution is 2.33. The molecule has 0 radical (unpaired) electrons. The van der Waals surface area contributed by atoms with Gasteiger partial charge in [0.25, 0.3) is 5.91 Å². The fraction of sp³-hybridized carbons (Fsp3) is 0.200. The molecule has 0 N–H and O–H groups in total.